The smallest absolute Gasteiger partial charge is 0.358 e. The van der Waals surface area contributed by atoms with Gasteiger partial charge in [0.1, 0.15) is 0 Å². The van der Waals surface area contributed by atoms with Crippen molar-refractivity contribution in [1.82, 2.24) is 4.98 Å². The molecule has 0 radical (unpaired) electrons. The Labute approximate surface area is 100 Å². The van der Waals surface area contributed by atoms with Gasteiger partial charge in [0.05, 0.1) is 13.7 Å². The largest absolute Gasteiger partial charge is 0.494 e. The van der Waals surface area contributed by atoms with Gasteiger partial charge in [-0.3, -0.25) is 0 Å². The second-order valence-corrected chi connectivity index (χ2v) is 4.04. The summed E-state index contributed by atoms with van der Waals surface area (Å²) < 4.78 is 10.3. The van der Waals surface area contributed by atoms with E-state index in [0.717, 1.165) is 6.42 Å². The number of methoxy groups -OCH3 is 1. The summed E-state index contributed by atoms with van der Waals surface area (Å²) in [5.74, 6) is -0.0547. The molecule has 0 saturated carbocycles. The Morgan fingerprint density at radius 3 is 2.71 bits per heavy atom. The van der Waals surface area contributed by atoms with Gasteiger partial charge in [0.2, 0.25) is 5.88 Å². The van der Waals surface area contributed by atoms with Crippen molar-refractivity contribution in [2.45, 2.75) is 20.3 Å². The number of rotatable bonds is 6. The van der Waals surface area contributed by atoms with Crippen LogP contribution in [0, 0.1) is 5.92 Å². The van der Waals surface area contributed by atoms with Crippen molar-refractivity contribution in [3.05, 3.63) is 17.8 Å². The summed E-state index contributed by atoms with van der Waals surface area (Å²) in [6.07, 6.45) is 0.899. The quantitative estimate of drug-likeness (QED) is 0.824. The summed E-state index contributed by atoms with van der Waals surface area (Å²) in [4.78, 5) is 14.8. The number of carboxylic acids is 1. The van der Waals surface area contributed by atoms with E-state index in [9.17, 15) is 4.79 Å². The fraction of sp³-hybridized carbons (Fsp3) is 0.500. The molecule has 1 aromatic rings. The van der Waals surface area contributed by atoms with Gasteiger partial charge in [-0.05, 0) is 18.4 Å². The predicted molar refractivity (Wildman–Crippen MR) is 62.7 cm³/mol. The van der Waals surface area contributed by atoms with E-state index >= 15 is 0 Å². The molecular formula is C12H17NO4. The van der Waals surface area contributed by atoms with Crippen molar-refractivity contribution in [2.75, 3.05) is 13.7 Å². The summed E-state index contributed by atoms with van der Waals surface area (Å²) in [6.45, 7) is 4.71. The van der Waals surface area contributed by atoms with Crippen molar-refractivity contribution in [1.29, 1.82) is 0 Å². The molecule has 5 nitrogen and oxygen atoms in total. The lowest BCUT2D eigenvalue weighted by Gasteiger charge is -2.09. The third-order valence-corrected chi connectivity index (χ3v) is 2.20. The maximum Gasteiger partial charge on any atom is 0.358 e. The molecule has 0 amide bonds. The lowest BCUT2D eigenvalue weighted by molar-refractivity contribution is 0.0685. The monoisotopic (exact) mass is 239 g/mol. The van der Waals surface area contributed by atoms with Gasteiger partial charge in [0.15, 0.2) is 11.4 Å². The van der Waals surface area contributed by atoms with E-state index in [1.165, 1.54) is 7.11 Å². The van der Waals surface area contributed by atoms with E-state index in [-0.39, 0.29) is 11.4 Å². The van der Waals surface area contributed by atoms with Crippen molar-refractivity contribution < 1.29 is 19.4 Å². The molecule has 0 aliphatic rings. The maximum atomic E-state index is 10.9. The number of carbonyl (C=O) groups is 1. The minimum atomic E-state index is -1.13. The molecule has 94 valence electrons. The standard InChI is InChI=1S/C12H17NO4/c1-8(2)6-7-17-10-5-4-9(16-3)11(13-10)12(14)15/h4-5,8H,6-7H2,1-3H3,(H,14,15). The Morgan fingerprint density at radius 2 is 2.18 bits per heavy atom. The minimum Gasteiger partial charge on any atom is -0.494 e. The zero-order chi connectivity index (χ0) is 12.8. The molecule has 0 aromatic carbocycles. The van der Waals surface area contributed by atoms with Crippen molar-refractivity contribution in [3.8, 4) is 11.6 Å². The van der Waals surface area contributed by atoms with Crippen LogP contribution in [0.3, 0.4) is 0 Å². The van der Waals surface area contributed by atoms with Gasteiger partial charge >= 0.3 is 5.97 Å². The third kappa shape index (κ3) is 3.94. The zero-order valence-corrected chi connectivity index (χ0v) is 10.3. The number of nitrogens with zero attached hydrogens (tertiary/aromatic N) is 1. The van der Waals surface area contributed by atoms with Gasteiger partial charge in [-0.1, -0.05) is 13.8 Å². The van der Waals surface area contributed by atoms with Crippen LogP contribution in [-0.4, -0.2) is 29.8 Å². The first-order valence-corrected chi connectivity index (χ1v) is 5.45. The molecule has 0 aliphatic heterocycles. The molecule has 17 heavy (non-hydrogen) atoms. The van der Waals surface area contributed by atoms with E-state index < -0.39 is 5.97 Å². The summed E-state index contributed by atoms with van der Waals surface area (Å²) in [5.41, 5.74) is -0.130. The highest BCUT2D eigenvalue weighted by Crippen LogP contribution is 2.20. The summed E-state index contributed by atoms with van der Waals surface area (Å²) >= 11 is 0. The lowest BCUT2D eigenvalue weighted by Crippen LogP contribution is -2.07. The Balaban J connectivity index is 2.74. The Kier molecular flexibility index (Phi) is 4.75. The number of hydrogen-bond acceptors (Lipinski definition) is 4. The topological polar surface area (TPSA) is 68.7 Å². The normalized spacial score (nSPS) is 10.4. The molecule has 5 heteroatoms. The van der Waals surface area contributed by atoms with Gasteiger partial charge in [0, 0.05) is 6.07 Å². The number of aromatic carboxylic acids is 1. The van der Waals surface area contributed by atoms with Gasteiger partial charge in [0.25, 0.3) is 0 Å². The molecule has 0 aliphatic carbocycles. The number of hydrogen-bond donors (Lipinski definition) is 1. The Hall–Kier alpha value is -1.78. The molecule has 0 bridgehead atoms. The van der Waals surface area contributed by atoms with E-state index in [2.05, 4.69) is 18.8 Å². The molecule has 0 spiro atoms. The van der Waals surface area contributed by atoms with Crippen LogP contribution in [0.5, 0.6) is 11.6 Å². The van der Waals surface area contributed by atoms with Crippen molar-refractivity contribution in [2.24, 2.45) is 5.92 Å². The number of carboxylic acid groups (broad SMARTS) is 1. The minimum absolute atomic E-state index is 0.130. The maximum absolute atomic E-state index is 10.9. The molecule has 0 atom stereocenters. The van der Waals surface area contributed by atoms with Crippen LogP contribution in [0.1, 0.15) is 30.8 Å². The van der Waals surface area contributed by atoms with Crippen molar-refractivity contribution in [3.63, 3.8) is 0 Å². The third-order valence-electron chi connectivity index (χ3n) is 2.20. The van der Waals surface area contributed by atoms with Gasteiger partial charge in [-0.25, -0.2) is 9.78 Å². The molecule has 1 rings (SSSR count). The van der Waals surface area contributed by atoms with E-state index in [4.69, 9.17) is 14.6 Å². The van der Waals surface area contributed by atoms with Gasteiger partial charge in [-0.15, -0.1) is 0 Å². The Morgan fingerprint density at radius 1 is 1.47 bits per heavy atom. The zero-order valence-electron chi connectivity index (χ0n) is 10.3. The van der Waals surface area contributed by atoms with Crippen LogP contribution in [-0.2, 0) is 0 Å². The first-order chi connectivity index (χ1) is 8.04. The fourth-order valence-corrected chi connectivity index (χ4v) is 1.23. The first-order valence-electron chi connectivity index (χ1n) is 5.45. The van der Waals surface area contributed by atoms with Crippen LogP contribution in [0.2, 0.25) is 0 Å². The van der Waals surface area contributed by atoms with Crippen molar-refractivity contribution >= 4 is 5.97 Å². The molecule has 1 heterocycles. The second-order valence-electron chi connectivity index (χ2n) is 4.04. The average Bonchev–Trinajstić information content (AvgIpc) is 2.28. The molecule has 1 N–H and O–H groups in total. The van der Waals surface area contributed by atoms with Crippen LogP contribution >= 0.6 is 0 Å². The van der Waals surface area contributed by atoms with Crippen LogP contribution in [0.25, 0.3) is 0 Å². The Bertz CT molecular complexity index is 390. The highest BCUT2D eigenvalue weighted by Gasteiger charge is 2.14. The molecule has 0 fully saturated rings. The van der Waals surface area contributed by atoms with Gasteiger partial charge in [-0.2, -0.15) is 0 Å². The predicted octanol–water partition coefficient (Wildman–Crippen LogP) is 2.21. The molecule has 1 aromatic heterocycles. The number of aromatic nitrogens is 1. The van der Waals surface area contributed by atoms with E-state index in [1.54, 1.807) is 12.1 Å². The van der Waals surface area contributed by atoms with Crippen LogP contribution in [0.4, 0.5) is 0 Å². The molecule has 0 saturated heterocycles. The highest BCUT2D eigenvalue weighted by molar-refractivity contribution is 5.88. The first kappa shape index (κ1) is 13.3. The van der Waals surface area contributed by atoms with Crippen LogP contribution in [0.15, 0.2) is 12.1 Å². The second kappa shape index (κ2) is 6.08. The summed E-state index contributed by atoms with van der Waals surface area (Å²) in [5, 5.41) is 8.94. The molecular weight excluding hydrogens is 222 g/mol. The average molecular weight is 239 g/mol. The van der Waals surface area contributed by atoms with Gasteiger partial charge < -0.3 is 14.6 Å². The number of pyridine rings is 1. The van der Waals surface area contributed by atoms with E-state index in [1.807, 2.05) is 0 Å². The lowest BCUT2D eigenvalue weighted by atomic mass is 10.1. The highest BCUT2D eigenvalue weighted by atomic mass is 16.5. The SMILES string of the molecule is COc1ccc(OCCC(C)C)nc1C(=O)O. The summed E-state index contributed by atoms with van der Waals surface area (Å²) in [7, 11) is 1.41. The number of ether oxygens (including phenoxy) is 2. The van der Waals surface area contributed by atoms with E-state index in [0.29, 0.717) is 18.4 Å². The van der Waals surface area contributed by atoms with Crippen LogP contribution < -0.4 is 9.47 Å². The fourth-order valence-electron chi connectivity index (χ4n) is 1.23. The molecule has 0 unspecified atom stereocenters. The summed E-state index contributed by atoms with van der Waals surface area (Å²) in [6, 6.07) is 3.15.